The van der Waals surface area contributed by atoms with Crippen LogP contribution in [0, 0.1) is 0 Å². The van der Waals surface area contributed by atoms with Gasteiger partial charge in [0, 0.05) is 13.2 Å². The molecule has 23 heavy (non-hydrogen) atoms. The number of unbranched alkanes of at least 4 members (excludes halogenated alkanes) is 1. The molecule has 1 fully saturated rings. The van der Waals surface area contributed by atoms with E-state index in [-0.39, 0.29) is 36.7 Å². The number of carbonyl (C=O) groups excluding carboxylic acids is 1. The highest BCUT2D eigenvalue weighted by molar-refractivity contribution is 7.93. The predicted octanol–water partition coefficient (Wildman–Crippen LogP) is 2.78. The van der Waals surface area contributed by atoms with Crippen molar-refractivity contribution >= 4 is 15.6 Å². The van der Waals surface area contributed by atoms with Gasteiger partial charge in [-0.05, 0) is 50.5 Å². The van der Waals surface area contributed by atoms with E-state index in [1.165, 1.54) is 19.1 Å². The van der Waals surface area contributed by atoms with E-state index in [1.54, 1.807) is 12.1 Å². The Bertz CT molecular complexity index is 627. The van der Waals surface area contributed by atoms with Gasteiger partial charge in [-0.2, -0.15) is 0 Å². The maximum atomic E-state index is 13.0. The lowest BCUT2D eigenvalue weighted by Crippen LogP contribution is -2.49. The smallest absolute Gasteiger partial charge is 0.191 e. The average Bonchev–Trinajstić information content (AvgIpc) is 2.56. The molecule has 1 saturated heterocycles. The van der Waals surface area contributed by atoms with Gasteiger partial charge in [0.15, 0.2) is 15.6 Å². The summed E-state index contributed by atoms with van der Waals surface area (Å²) in [4.78, 5) is 12.3. The maximum absolute atomic E-state index is 13.0. The van der Waals surface area contributed by atoms with Crippen molar-refractivity contribution in [1.82, 2.24) is 0 Å². The number of benzene rings is 1. The molecule has 0 aromatic heterocycles. The van der Waals surface area contributed by atoms with Gasteiger partial charge in [0.05, 0.1) is 11.5 Å². The van der Waals surface area contributed by atoms with Gasteiger partial charge < -0.3 is 9.47 Å². The minimum Gasteiger partial charge on any atom is -0.494 e. The molecule has 0 N–H and O–H groups in total. The number of rotatable bonds is 7. The third-order valence-corrected chi connectivity index (χ3v) is 6.97. The van der Waals surface area contributed by atoms with Crippen molar-refractivity contribution in [3.05, 3.63) is 24.3 Å². The van der Waals surface area contributed by atoms with Gasteiger partial charge in [-0.3, -0.25) is 4.79 Å². The van der Waals surface area contributed by atoms with Gasteiger partial charge in [-0.1, -0.05) is 13.3 Å². The van der Waals surface area contributed by atoms with Crippen LogP contribution in [0.25, 0.3) is 0 Å². The Morgan fingerprint density at radius 1 is 1.22 bits per heavy atom. The Morgan fingerprint density at radius 2 is 1.83 bits per heavy atom. The molecule has 0 unspecified atom stereocenters. The first-order valence-electron chi connectivity index (χ1n) is 8.00. The van der Waals surface area contributed by atoms with Gasteiger partial charge in [0.2, 0.25) is 0 Å². The second kappa shape index (κ2) is 7.45. The van der Waals surface area contributed by atoms with Crippen molar-refractivity contribution in [2.45, 2.75) is 49.2 Å². The molecule has 0 radical (unpaired) electrons. The highest BCUT2D eigenvalue weighted by atomic mass is 32.2. The minimum absolute atomic E-state index is 0.164. The number of hydrogen-bond acceptors (Lipinski definition) is 5. The molecule has 2 rings (SSSR count). The summed E-state index contributed by atoms with van der Waals surface area (Å²) in [5.41, 5.74) is 0. The number of ketones is 1. The number of ether oxygens (including phenoxy) is 2. The first-order valence-corrected chi connectivity index (χ1v) is 9.48. The summed E-state index contributed by atoms with van der Waals surface area (Å²) in [6.07, 6.45) is 2.40. The first kappa shape index (κ1) is 17.9. The predicted molar refractivity (Wildman–Crippen MR) is 87.5 cm³/mol. The summed E-state index contributed by atoms with van der Waals surface area (Å²) in [7, 11) is -3.75. The zero-order valence-corrected chi connectivity index (χ0v) is 14.5. The van der Waals surface area contributed by atoms with Crippen LogP contribution in [-0.4, -0.2) is 38.8 Å². The molecule has 1 aromatic rings. The topological polar surface area (TPSA) is 69.7 Å². The van der Waals surface area contributed by atoms with E-state index in [0.717, 1.165) is 12.8 Å². The van der Waals surface area contributed by atoms with E-state index in [1.807, 2.05) is 0 Å². The quantitative estimate of drug-likeness (QED) is 0.714. The molecule has 1 aromatic carbocycles. The van der Waals surface area contributed by atoms with Crippen molar-refractivity contribution in [2.24, 2.45) is 0 Å². The van der Waals surface area contributed by atoms with Gasteiger partial charge >= 0.3 is 0 Å². The molecule has 1 aliphatic heterocycles. The van der Waals surface area contributed by atoms with E-state index in [4.69, 9.17) is 9.47 Å². The zero-order valence-electron chi connectivity index (χ0n) is 13.7. The Labute approximate surface area is 137 Å². The molecule has 0 spiro atoms. The third kappa shape index (κ3) is 3.58. The Balaban J connectivity index is 2.26. The molecule has 0 saturated carbocycles. The van der Waals surface area contributed by atoms with Gasteiger partial charge in [0.25, 0.3) is 0 Å². The normalized spacial score (nSPS) is 17.7. The van der Waals surface area contributed by atoms with Crippen LogP contribution in [0.15, 0.2) is 29.2 Å². The van der Waals surface area contributed by atoms with E-state index in [0.29, 0.717) is 12.4 Å². The molecule has 0 bridgehead atoms. The van der Waals surface area contributed by atoms with Crippen molar-refractivity contribution in [2.75, 3.05) is 19.8 Å². The van der Waals surface area contributed by atoms with Gasteiger partial charge in [-0.15, -0.1) is 0 Å². The second-order valence-corrected chi connectivity index (χ2v) is 8.10. The van der Waals surface area contributed by atoms with Crippen molar-refractivity contribution in [1.29, 1.82) is 0 Å². The molecule has 0 aliphatic carbocycles. The fourth-order valence-corrected chi connectivity index (χ4v) is 4.81. The second-order valence-electron chi connectivity index (χ2n) is 5.84. The SMILES string of the molecule is CCCCOc1ccc(S(=O)(=O)C2(C(C)=O)CCOCC2)cc1. The van der Waals surface area contributed by atoms with E-state index >= 15 is 0 Å². The summed E-state index contributed by atoms with van der Waals surface area (Å²) < 4.78 is 35.4. The maximum Gasteiger partial charge on any atom is 0.191 e. The lowest BCUT2D eigenvalue weighted by molar-refractivity contribution is -0.121. The molecule has 1 heterocycles. The summed E-state index contributed by atoms with van der Waals surface area (Å²) in [6.45, 7) is 4.62. The largest absolute Gasteiger partial charge is 0.494 e. The summed E-state index contributed by atoms with van der Waals surface area (Å²) in [5, 5.41) is 0. The number of sulfone groups is 1. The molecule has 0 amide bonds. The molecule has 6 heteroatoms. The summed E-state index contributed by atoms with van der Waals surface area (Å²) in [6, 6.07) is 6.35. The van der Waals surface area contributed by atoms with E-state index < -0.39 is 14.6 Å². The first-order chi connectivity index (χ1) is 10.9. The molecule has 128 valence electrons. The Hall–Kier alpha value is -1.40. The van der Waals surface area contributed by atoms with E-state index in [9.17, 15) is 13.2 Å². The third-order valence-electron chi connectivity index (χ3n) is 4.36. The van der Waals surface area contributed by atoms with Crippen LogP contribution in [0.2, 0.25) is 0 Å². The van der Waals surface area contributed by atoms with Crippen molar-refractivity contribution in [3.63, 3.8) is 0 Å². The number of Topliss-reactive ketones (excluding diaryl/α,β-unsaturated/α-hetero) is 1. The van der Waals surface area contributed by atoms with Crippen LogP contribution in [-0.2, 0) is 19.4 Å². The zero-order chi connectivity index (χ0) is 16.9. The molecule has 0 atom stereocenters. The molecular formula is C17H24O5S. The van der Waals surface area contributed by atoms with Crippen LogP contribution in [0.4, 0.5) is 0 Å². The van der Waals surface area contributed by atoms with Crippen LogP contribution in [0.5, 0.6) is 5.75 Å². The highest BCUT2D eigenvalue weighted by Crippen LogP contribution is 2.36. The van der Waals surface area contributed by atoms with Crippen molar-refractivity contribution < 1.29 is 22.7 Å². The minimum atomic E-state index is -3.75. The Kier molecular flexibility index (Phi) is 5.81. The monoisotopic (exact) mass is 340 g/mol. The summed E-state index contributed by atoms with van der Waals surface area (Å²) in [5.74, 6) is 0.324. The summed E-state index contributed by atoms with van der Waals surface area (Å²) >= 11 is 0. The number of carbonyl (C=O) groups is 1. The standard InChI is InChI=1S/C17H24O5S/c1-3-4-11-22-15-5-7-16(8-6-15)23(19,20)17(14(2)18)9-12-21-13-10-17/h5-8H,3-4,9-13H2,1-2H3. The number of hydrogen-bond donors (Lipinski definition) is 0. The fourth-order valence-electron chi connectivity index (χ4n) is 2.79. The van der Waals surface area contributed by atoms with Gasteiger partial charge in [0.1, 0.15) is 10.5 Å². The Morgan fingerprint density at radius 3 is 2.35 bits per heavy atom. The van der Waals surface area contributed by atoms with Crippen LogP contribution < -0.4 is 4.74 Å². The molecule has 5 nitrogen and oxygen atoms in total. The molecule has 1 aliphatic rings. The lowest BCUT2D eigenvalue weighted by atomic mass is 9.95. The van der Waals surface area contributed by atoms with E-state index in [2.05, 4.69) is 6.92 Å². The van der Waals surface area contributed by atoms with Crippen molar-refractivity contribution in [3.8, 4) is 5.75 Å². The molecular weight excluding hydrogens is 316 g/mol. The fraction of sp³-hybridized carbons (Fsp3) is 0.588. The van der Waals surface area contributed by atoms with Gasteiger partial charge in [-0.25, -0.2) is 8.42 Å². The van der Waals surface area contributed by atoms with Crippen LogP contribution >= 0.6 is 0 Å². The lowest BCUT2D eigenvalue weighted by Gasteiger charge is -2.34. The van der Waals surface area contributed by atoms with Crippen LogP contribution in [0.1, 0.15) is 39.5 Å². The van der Waals surface area contributed by atoms with Crippen LogP contribution in [0.3, 0.4) is 0 Å². The average molecular weight is 340 g/mol. The highest BCUT2D eigenvalue weighted by Gasteiger charge is 2.49.